The molecule has 2 aromatic rings. The smallest absolute Gasteiger partial charge is 0.309 e. The molecule has 0 saturated heterocycles. The van der Waals surface area contributed by atoms with Crippen molar-refractivity contribution < 1.29 is 29.0 Å². The number of benzene rings is 2. The van der Waals surface area contributed by atoms with Gasteiger partial charge in [0.15, 0.2) is 0 Å². The van der Waals surface area contributed by atoms with Crippen LogP contribution in [-0.4, -0.2) is 54.8 Å². The number of nitrogens with one attached hydrogen (secondary N) is 2. The van der Waals surface area contributed by atoms with Crippen molar-refractivity contribution in [3.8, 4) is 0 Å². The van der Waals surface area contributed by atoms with Gasteiger partial charge < -0.3 is 25.2 Å². The van der Waals surface area contributed by atoms with Gasteiger partial charge in [0, 0.05) is 13.5 Å². The molecule has 1 fully saturated rings. The number of allylic oxidation sites excluding steroid dienone is 2. The third kappa shape index (κ3) is 9.50. The van der Waals surface area contributed by atoms with Crippen molar-refractivity contribution >= 4 is 17.8 Å². The predicted octanol–water partition coefficient (Wildman–Crippen LogP) is 4.82. The second kappa shape index (κ2) is 16.4. The summed E-state index contributed by atoms with van der Waals surface area (Å²) in [6.07, 6.45) is 9.75. The fraction of sp³-hybridized carbons (Fsp3) is 0.514. The number of ether oxygens (including phenoxy) is 2. The Kier molecular flexibility index (Phi) is 12.4. The highest BCUT2D eigenvalue weighted by Crippen LogP contribution is 2.30. The van der Waals surface area contributed by atoms with Gasteiger partial charge in [0.25, 0.3) is 0 Å². The van der Waals surface area contributed by atoms with Crippen LogP contribution in [0.25, 0.3) is 0 Å². The molecule has 2 amide bonds. The van der Waals surface area contributed by atoms with E-state index < -0.39 is 23.6 Å². The van der Waals surface area contributed by atoms with E-state index in [0.717, 1.165) is 49.7 Å². The average molecular weight is 591 g/mol. The Morgan fingerprint density at radius 2 is 1.70 bits per heavy atom. The molecule has 2 aliphatic rings. The van der Waals surface area contributed by atoms with Crippen LogP contribution in [0.2, 0.25) is 0 Å². The Bertz CT molecular complexity index is 1200. The monoisotopic (exact) mass is 590 g/mol. The summed E-state index contributed by atoms with van der Waals surface area (Å²) in [6.45, 7) is 0.00508. The van der Waals surface area contributed by atoms with Crippen LogP contribution in [0.15, 0.2) is 72.8 Å². The van der Waals surface area contributed by atoms with Gasteiger partial charge in [-0.05, 0) is 56.1 Å². The number of hydrogen-bond donors (Lipinski definition) is 3. The molecule has 0 spiro atoms. The number of carbonyl (C=O) groups is 3. The zero-order valence-electron chi connectivity index (χ0n) is 25.2. The molecule has 43 heavy (non-hydrogen) atoms. The summed E-state index contributed by atoms with van der Waals surface area (Å²) in [5, 5.41) is 16.1. The lowest BCUT2D eigenvalue weighted by Gasteiger charge is -2.31. The third-order valence-electron chi connectivity index (χ3n) is 8.65. The molecule has 4 atom stereocenters. The van der Waals surface area contributed by atoms with Crippen molar-refractivity contribution in [3.05, 3.63) is 83.9 Å². The Hall–Kier alpha value is -3.49. The minimum absolute atomic E-state index is 0.00737. The van der Waals surface area contributed by atoms with Gasteiger partial charge in [-0.15, -0.1) is 0 Å². The summed E-state index contributed by atoms with van der Waals surface area (Å²) in [5.74, 6) is -1.83. The molecule has 4 rings (SSSR count). The van der Waals surface area contributed by atoms with Crippen molar-refractivity contribution in [3.63, 3.8) is 0 Å². The topological polar surface area (TPSA) is 114 Å². The second-order valence-electron chi connectivity index (χ2n) is 12.0. The van der Waals surface area contributed by atoms with Gasteiger partial charge in [0.2, 0.25) is 11.8 Å². The number of methoxy groups -OCH3 is 1. The van der Waals surface area contributed by atoms with Crippen LogP contribution in [0.1, 0.15) is 75.0 Å². The summed E-state index contributed by atoms with van der Waals surface area (Å²) in [6, 6.07) is 18.7. The highest BCUT2D eigenvalue weighted by Gasteiger charge is 2.37. The highest BCUT2D eigenvalue weighted by molar-refractivity contribution is 5.86. The molecule has 232 valence electrons. The SMILES string of the molecule is COCC1NC(=O)C(CC(=O)NC2(CO)CCCC2)CC=CCCCC(Cc2ccccc2)C(=O)OC1c1ccccc1. The lowest BCUT2D eigenvalue weighted by Crippen LogP contribution is -2.51. The van der Waals surface area contributed by atoms with Gasteiger partial charge in [0.1, 0.15) is 6.10 Å². The summed E-state index contributed by atoms with van der Waals surface area (Å²) in [5.41, 5.74) is 1.22. The number of esters is 1. The molecule has 0 bridgehead atoms. The van der Waals surface area contributed by atoms with Crippen LogP contribution in [-0.2, 0) is 30.3 Å². The normalized spacial score (nSPS) is 24.9. The van der Waals surface area contributed by atoms with Gasteiger partial charge >= 0.3 is 5.97 Å². The van der Waals surface area contributed by atoms with Crippen LogP contribution in [0.3, 0.4) is 0 Å². The maximum Gasteiger partial charge on any atom is 0.309 e. The van der Waals surface area contributed by atoms with Crippen molar-refractivity contribution in [2.45, 2.75) is 81.9 Å². The van der Waals surface area contributed by atoms with E-state index in [1.165, 1.54) is 0 Å². The van der Waals surface area contributed by atoms with E-state index in [9.17, 15) is 19.5 Å². The maximum atomic E-state index is 13.8. The molecule has 2 aromatic carbocycles. The molecule has 1 saturated carbocycles. The molecule has 1 aliphatic carbocycles. The molecular formula is C35H46N2O6. The minimum atomic E-state index is -0.778. The fourth-order valence-corrected chi connectivity index (χ4v) is 6.22. The first-order valence-electron chi connectivity index (χ1n) is 15.6. The number of aliphatic hydroxyl groups is 1. The molecule has 0 radical (unpaired) electrons. The number of amides is 2. The van der Waals surface area contributed by atoms with E-state index in [4.69, 9.17) is 9.47 Å². The van der Waals surface area contributed by atoms with Gasteiger partial charge in [-0.3, -0.25) is 14.4 Å². The van der Waals surface area contributed by atoms with Gasteiger partial charge in [0.05, 0.1) is 36.6 Å². The van der Waals surface area contributed by atoms with Crippen molar-refractivity contribution in [1.82, 2.24) is 10.6 Å². The molecule has 1 aliphatic heterocycles. The van der Waals surface area contributed by atoms with E-state index in [2.05, 4.69) is 10.6 Å². The summed E-state index contributed by atoms with van der Waals surface area (Å²) in [7, 11) is 1.54. The van der Waals surface area contributed by atoms with Crippen LogP contribution in [0.4, 0.5) is 0 Å². The zero-order valence-corrected chi connectivity index (χ0v) is 25.2. The van der Waals surface area contributed by atoms with Gasteiger partial charge in [-0.1, -0.05) is 85.7 Å². The Morgan fingerprint density at radius 1 is 1.00 bits per heavy atom. The standard InChI is InChI=1S/C35H46N2O6/c1-42-24-30-32(27-16-10-5-11-17-27)43-34(41)29(22-26-14-6-4-7-15-26)19-9-3-2-8-18-28(33(40)36-30)23-31(39)37-35(25-38)20-12-13-21-35/h2,4-8,10-11,14-17,28-30,32,38H,3,9,12-13,18-25H2,1H3,(H,36,40)(H,37,39). The fourth-order valence-electron chi connectivity index (χ4n) is 6.22. The largest absolute Gasteiger partial charge is 0.455 e. The molecule has 3 N–H and O–H groups in total. The first-order valence-corrected chi connectivity index (χ1v) is 15.6. The first kappa shape index (κ1) is 32.4. The van der Waals surface area contributed by atoms with Crippen LogP contribution >= 0.6 is 0 Å². The summed E-state index contributed by atoms with van der Waals surface area (Å²) >= 11 is 0. The highest BCUT2D eigenvalue weighted by atomic mass is 16.5. The van der Waals surface area contributed by atoms with E-state index in [1.807, 2.05) is 72.8 Å². The van der Waals surface area contributed by atoms with Gasteiger partial charge in [-0.2, -0.15) is 0 Å². The van der Waals surface area contributed by atoms with Crippen LogP contribution in [0.5, 0.6) is 0 Å². The molecule has 8 heteroatoms. The van der Waals surface area contributed by atoms with Crippen LogP contribution in [0, 0.1) is 11.8 Å². The predicted molar refractivity (Wildman–Crippen MR) is 165 cm³/mol. The number of hydrogen-bond acceptors (Lipinski definition) is 6. The molecule has 1 heterocycles. The van der Waals surface area contributed by atoms with Crippen molar-refractivity contribution in [2.75, 3.05) is 20.3 Å². The first-order chi connectivity index (χ1) is 20.9. The van der Waals surface area contributed by atoms with E-state index in [-0.39, 0.29) is 43.3 Å². The maximum absolute atomic E-state index is 13.8. The average Bonchev–Trinajstić information content (AvgIpc) is 3.49. The quantitative estimate of drug-likeness (QED) is 0.285. The third-order valence-corrected chi connectivity index (χ3v) is 8.65. The second-order valence-corrected chi connectivity index (χ2v) is 12.0. The Labute approximate surface area is 255 Å². The number of carbonyl (C=O) groups excluding carboxylic acids is 3. The number of cyclic esters (lactones) is 1. The lowest BCUT2D eigenvalue weighted by molar-refractivity contribution is -0.158. The molecule has 4 unspecified atom stereocenters. The molecule has 8 nitrogen and oxygen atoms in total. The van der Waals surface area contributed by atoms with E-state index >= 15 is 0 Å². The van der Waals surface area contributed by atoms with Crippen molar-refractivity contribution in [2.24, 2.45) is 11.8 Å². The minimum Gasteiger partial charge on any atom is -0.455 e. The zero-order chi connectivity index (χ0) is 30.5. The van der Waals surface area contributed by atoms with Crippen molar-refractivity contribution in [1.29, 1.82) is 0 Å². The Morgan fingerprint density at radius 3 is 2.37 bits per heavy atom. The van der Waals surface area contributed by atoms with E-state index in [1.54, 1.807) is 7.11 Å². The van der Waals surface area contributed by atoms with E-state index in [0.29, 0.717) is 19.3 Å². The summed E-state index contributed by atoms with van der Waals surface area (Å²) in [4.78, 5) is 40.7. The molecular weight excluding hydrogens is 544 g/mol. The summed E-state index contributed by atoms with van der Waals surface area (Å²) < 4.78 is 11.8. The van der Waals surface area contributed by atoms with Gasteiger partial charge in [-0.25, -0.2) is 0 Å². The molecule has 0 aromatic heterocycles. The number of rotatable bonds is 9. The lowest BCUT2D eigenvalue weighted by atomic mass is 9.92. The van der Waals surface area contributed by atoms with Crippen LogP contribution < -0.4 is 10.6 Å². The Balaban J connectivity index is 1.59. The number of aliphatic hydroxyl groups excluding tert-OH is 1.